The smallest absolute Gasteiger partial charge is 0.139 e. The van der Waals surface area contributed by atoms with Crippen molar-refractivity contribution in [2.24, 2.45) is 0 Å². The molecule has 0 aliphatic rings. The van der Waals surface area contributed by atoms with Gasteiger partial charge in [-0.2, -0.15) is 0 Å². The van der Waals surface area contributed by atoms with E-state index >= 15 is 0 Å². The molecule has 194 valence electrons. The Morgan fingerprint density at radius 2 is 0.780 bits per heavy atom. The fourth-order valence-electron chi connectivity index (χ4n) is 7.40. The maximum Gasteiger partial charge on any atom is 0.139 e. The van der Waals surface area contributed by atoms with E-state index in [1.807, 2.05) is 0 Å². The maximum atomic E-state index is 7.03. The van der Waals surface area contributed by atoms with Gasteiger partial charge in [-0.25, -0.2) is 0 Å². The molecule has 0 radical (unpaired) electrons. The summed E-state index contributed by atoms with van der Waals surface area (Å²) < 4.78 is 7.03. The molecule has 1 heterocycles. The van der Waals surface area contributed by atoms with Gasteiger partial charge in [0.05, 0.1) is 0 Å². The van der Waals surface area contributed by atoms with Gasteiger partial charge in [0.2, 0.25) is 0 Å². The van der Waals surface area contributed by atoms with Crippen molar-refractivity contribution in [2.75, 3.05) is 0 Å². The average Bonchev–Trinajstić information content (AvgIpc) is 3.44. The van der Waals surface area contributed by atoms with Crippen LogP contribution in [0.15, 0.2) is 114 Å². The molecule has 9 aromatic rings. The molecule has 0 saturated heterocycles. The first-order valence-corrected chi connectivity index (χ1v) is 14.7. The molecule has 0 atom stereocenters. The molecule has 0 fully saturated rings. The second-order valence-corrected chi connectivity index (χ2v) is 11.4. The van der Waals surface area contributed by atoms with Gasteiger partial charge in [-0.15, -0.1) is 0 Å². The Balaban J connectivity index is 1.68. The first-order valence-electron chi connectivity index (χ1n) is 14.7. The maximum absolute atomic E-state index is 7.03. The lowest BCUT2D eigenvalue weighted by Gasteiger charge is -2.13. The molecular weight excluding hydrogens is 496 g/mol. The van der Waals surface area contributed by atoms with Crippen LogP contribution in [-0.2, 0) is 12.8 Å². The molecule has 1 heteroatoms. The Morgan fingerprint density at radius 3 is 1.22 bits per heavy atom. The van der Waals surface area contributed by atoms with Crippen LogP contribution in [-0.4, -0.2) is 0 Å². The zero-order valence-electron chi connectivity index (χ0n) is 23.2. The summed E-state index contributed by atoms with van der Waals surface area (Å²) in [5.74, 6) is 0. The molecule has 0 aliphatic heterocycles. The summed E-state index contributed by atoms with van der Waals surface area (Å²) in [5.41, 5.74) is 4.61. The molecule has 0 N–H and O–H groups in total. The molecule has 41 heavy (non-hydrogen) atoms. The van der Waals surface area contributed by atoms with E-state index in [4.69, 9.17) is 4.42 Å². The molecule has 1 nitrogen and oxygen atoms in total. The zero-order chi connectivity index (χ0) is 27.2. The molecule has 0 saturated carbocycles. The third-order valence-corrected chi connectivity index (χ3v) is 9.30. The van der Waals surface area contributed by atoms with Crippen molar-refractivity contribution < 1.29 is 4.42 Å². The van der Waals surface area contributed by atoms with Crippen molar-refractivity contribution in [3.05, 3.63) is 120 Å². The summed E-state index contributed by atoms with van der Waals surface area (Å²) in [6.45, 7) is 4.48. The predicted molar refractivity (Wildman–Crippen MR) is 178 cm³/mol. The van der Waals surface area contributed by atoms with E-state index in [0.717, 1.165) is 24.0 Å². The van der Waals surface area contributed by atoms with E-state index in [1.54, 1.807) is 0 Å². The summed E-state index contributed by atoms with van der Waals surface area (Å²) in [5, 5.41) is 18.0. The fourth-order valence-corrected chi connectivity index (χ4v) is 7.40. The van der Waals surface area contributed by atoms with Gasteiger partial charge in [0, 0.05) is 21.5 Å². The molecule has 8 aromatic carbocycles. The molecule has 0 aliphatic carbocycles. The van der Waals surface area contributed by atoms with E-state index < -0.39 is 0 Å². The molecule has 0 amide bonds. The van der Waals surface area contributed by atoms with Crippen molar-refractivity contribution in [2.45, 2.75) is 26.7 Å². The van der Waals surface area contributed by atoms with Gasteiger partial charge in [-0.3, -0.25) is 0 Å². The van der Waals surface area contributed by atoms with Crippen LogP contribution in [0.4, 0.5) is 0 Å². The quantitative estimate of drug-likeness (QED) is 0.205. The van der Waals surface area contributed by atoms with Crippen molar-refractivity contribution in [3.8, 4) is 0 Å². The Morgan fingerprint density at radius 1 is 0.390 bits per heavy atom. The van der Waals surface area contributed by atoms with Gasteiger partial charge in [0.25, 0.3) is 0 Å². The van der Waals surface area contributed by atoms with Gasteiger partial charge in [-0.1, -0.05) is 111 Å². The van der Waals surface area contributed by atoms with E-state index in [-0.39, 0.29) is 0 Å². The lowest BCUT2D eigenvalue weighted by molar-refractivity contribution is 0.659. The van der Waals surface area contributed by atoms with E-state index in [2.05, 4.69) is 123 Å². The van der Waals surface area contributed by atoms with Crippen LogP contribution >= 0.6 is 0 Å². The Bertz CT molecular complexity index is 2370. The van der Waals surface area contributed by atoms with Gasteiger partial charge in [-0.05, 0) is 90.0 Å². The normalized spacial score (nSPS) is 12.3. The van der Waals surface area contributed by atoms with E-state index in [9.17, 15) is 0 Å². The number of hydrogen-bond acceptors (Lipinski definition) is 1. The average molecular weight is 525 g/mol. The monoisotopic (exact) mass is 524 g/mol. The highest BCUT2D eigenvalue weighted by atomic mass is 16.3. The van der Waals surface area contributed by atoms with Crippen LogP contribution in [0, 0.1) is 0 Å². The minimum Gasteiger partial charge on any atom is -0.455 e. The van der Waals surface area contributed by atoms with E-state index in [0.29, 0.717) is 0 Å². The van der Waals surface area contributed by atoms with E-state index in [1.165, 1.54) is 86.5 Å². The SMILES string of the molecule is CCc1cc2ccc3ccc4ccccc4c3c2c2c1oc1c(CC)cc3ccc4ccc5ccccc5c4c3c12. The van der Waals surface area contributed by atoms with Crippen LogP contribution in [0.25, 0.3) is 86.6 Å². The highest BCUT2D eigenvalue weighted by Gasteiger charge is 2.22. The number of aryl methyl sites for hydroxylation is 2. The summed E-state index contributed by atoms with van der Waals surface area (Å²) in [7, 11) is 0. The summed E-state index contributed by atoms with van der Waals surface area (Å²) in [6.07, 6.45) is 1.84. The zero-order valence-corrected chi connectivity index (χ0v) is 23.2. The Labute approximate surface area is 237 Å². The minimum absolute atomic E-state index is 0.920. The number of benzene rings is 8. The van der Waals surface area contributed by atoms with Crippen LogP contribution in [0.5, 0.6) is 0 Å². The second-order valence-electron chi connectivity index (χ2n) is 11.4. The van der Waals surface area contributed by atoms with Crippen LogP contribution in [0.1, 0.15) is 25.0 Å². The third-order valence-electron chi connectivity index (χ3n) is 9.30. The number of hydrogen-bond donors (Lipinski definition) is 0. The van der Waals surface area contributed by atoms with Crippen LogP contribution < -0.4 is 0 Å². The minimum atomic E-state index is 0.920. The highest BCUT2D eigenvalue weighted by Crippen LogP contribution is 2.47. The first kappa shape index (κ1) is 22.9. The highest BCUT2D eigenvalue weighted by molar-refractivity contribution is 6.39. The van der Waals surface area contributed by atoms with Gasteiger partial charge < -0.3 is 4.42 Å². The van der Waals surface area contributed by atoms with Crippen LogP contribution in [0.3, 0.4) is 0 Å². The molecular formula is C40H28O. The van der Waals surface area contributed by atoms with Crippen molar-refractivity contribution >= 4 is 86.6 Å². The first-order chi connectivity index (χ1) is 20.2. The standard InChI is InChI=1S/C40H28O/c1-3-23-21-29-19-17-27-15-13-25-9-5-7-11-31(25)33(27)35(29)37-38-36-30(22-24(4-2)40(38)41-39(23)37)20-18-28-16-14-26-10-6-8-12-32(26)34(28)36/h5-22H,3-4H2,1-2H3. The lowest BCUT2D eigenvalue weighted by Crippen LogP contribution is -1.89. The Hall–Kier alpha value is -4.88. The topological polar surface area (TPSA) is 13.1 Å². The van der Waals surface area contributed by atoms with Crippen molar-refractivity contribution in [1.82, 2.24) is 0 Å². The van der Waals surface area contributed by atoms with Gasteiger partial charge in [0.1, 0.15) is 11.2 Å². The number of furan rings is 1. The molecule has 0 unspecified atom stereocenters. The third kappa shape index (κ3) is 3.01. The van der Waals surface area contributed by atoms with Gasteiger partial charge >= 0.3 is 0 Å². The van der Waals surface area contributed by atoms with Gasteiger partial charge in [0.15, 0.2) is 0 Å². The van der Waals surface area contributed by atoms with Crippen molar-refractivity contribution in [1.29, 1.82) is 0 Å². The molecule has 0 bridgehead atoms. The largest absolute Gasteiger partial charge is 0.455 e. The van der Waals surface area contributed by atoms with Crippen LogP contribution in [0.2, 0.25) is 0 Å². The molecule has 0 spiro atoms. The lowest BCUT2D eigenvalue weighted by atomic mass is 9.88. The summed E-state index contributed by atoms with van der Waals surface area (Å²) >= 11 is 0. The molecule has 1 aromatic heterocycles. The summed E-state index contributed by atoms with van der Waals surface area (Å²) in [6, 6.07) is 40.6. The predicted octanol–water partition coefficient (Wildman–Crippen LogP) is 11.6. The Kier molecular flexibility index (Phi) is 4.64. The fraction of sp³-hybridized carbons (Fsp3) is 0.100. The van der Waals surface area contributed by atoms with Crippen molar-refractivity contribution in [3.63, 3.8) is 0 Å². The number of fused-ring (bicyclic) bond motifs is 15. The summed E-state index contributed by atoms with van der Waals surface area (Å²) in [4.78, 5) is 0. The molecule has 9 rings (SSSR count). The number of rotatable bonds is 2. The second kappa shape index (κ2) is 8.32.